The molecule has 3 aromatic carbocycles. The van der Waals surface area contributed by atoms with Crippen molar-refractivity contribution in [2.24, 2.45) is 5.41 Å². The number of nitrogens with one attached hydrogen (secondary N) is 3. The summed E-state index contributed by atoms with van der Waals surface area (Å²) in [5.74, 6) is -0.875. The molecule has 0 bridgehead atoms. The molecule has 0 radical (unpaired) electrons. The molecule has 1 atom stereocenters. The van der Waals surface area contributed by atoms with Crippen LogP contribution in [0.5, 0.6) is 0 Å². The Morgan fingerprint density at radius 1 is 1.03 bits per heavy atom. The molecular weight excluding hydrogens is 931 g/mol. The van der Waals surface area contributed by atoms with Crippen molar-refractivity contribution in [2.75, 3.05) is 95.3 Å². The molecule has 356 valence electrons. The zero-order chi connectivity index (χ0) is 47.5. The Morgan fingerprint density at radius 3 is 2.49 bits per heavy atom. The van der Waals surface area contributed by atoms with Crippen LogP contribution in [0.3, 0.4) is 0 Å². The number of aromatic nitrogens is 2. The fraction of sp³-hybridized carbons (Fsp3) is 0.417. The molecule has 19 heteroatoms. The van der Waals surface area contributed by atoms with Gasteiger partial charge in [0.2, 0.25) is 0 Å². The topological polar surface area (TPSA) is 183 Å². The maximum absolute atomic E-state index is 14.1. The van der Waals surface area contributed by atoms with Gasteiger partial charge in [-0.3, -0.25) is 24.7 Å². The van der Waals surface area contributed by atoms with Gasteiger partial charge in [-0.2, -0.15) is 0 Å². The van der Waals surface area contributed by atoms with E-state index in [2.05, 4.69) is 60.7 Å². The number of fused-ring (bicyclic) bond motifs is 1. The second-order valence-electron chi connectivity index (χ2n) is 18.7. The van der Waals surface area contributed by atoms with Gasteiger partial charge in [-0.15, -0.1) is 0 Å². The van der Waals surface area contributed by atoms with Crippen molar-refractivity contribution < 1.29 is 27.4 Å². The van der Waals surface area contributed by atoms with Crippen LogP contribution in [0.4, 0.5) is 17.1 Å². The summed E-state index contributed by atoms with van der Waals surface area (Å²) in [5.41, 5.74) is 5.75. The molecule has 3 aliphatic rings. The molecule has 2 saturated heterocycles. The molecule has 15 nitrogen and oxygen atoms in total. The minimum absolute atomic E-state index is 0.121. The minimum Gasteiger partial charge on any atom is -0.383 e. The van der Waals surface area contributed by atoms with Crippen LogP contribution < -0.4 is 14.9 Å². The number of H-pyrrole nitrogens is 1. The van der Waals surface area contributed by atoms with E-state index in [1.54, 1.807) is 25.6 Å². The molecule has 0 spiro atoms. The molecule has 2 aromatic heterocycles. The van der Waals surface area contributed by atoms with E-state index in [0.717, 1.165) is 79.0 Å². The number of halogens is 1. The van der Waals surface area contributed by atoms with Crippen molar-refractivity contribution in [3.05, 3.63) is 117 Å². The SMILES string of the molecule is COCC(CNc1ccc(S(=O)(=O)NC(=O)c2ccc(N3CCN(CC4=C(c5ccc(Cl)cc5)CC(C)(C)CC4)CC3)cc2Sc2cnc3[nH]ccc3c2)cc1[N+](=O)[O-])N1CCP(C)(=O)CC1. The van der Waals surface area contributed by atoms with Crippen LogP contribution >= 0.6 is 30.5 Å². The van der Waals surface area contributed by atoms with Crippen molar-refractivity contribution >= 4 is 80.1 Å². The third-order valence-corrected chi connectivity index (χ3v) is 18.1. The van der Waals surface area contributed by atoms with Crippen molar-refractivity contribution in [3.8, 4) is 0 Å². The summed E-state index contributed by atoms with van der Waals surface area (Å²) in [5, 5.41) is 17.1. The normalized spacial score (nSPS) is 18.5. The monoisotopic (exact) mass is 988 g/mol. The highest BCUT2D eigenvalue weighted by Gasteiger charge is 2.32. The van der Waals surface area contributed by atoms with Crippen molar-refractivity contribution in [1.29, 1.82) is 0 Å². The fourth-order valence-electron chi connectivity index (χ4n) is 9.18. The van der Waals surface area contributed by atoms with E-state index < -0.39 is 38.6 Å². The number of hydrogen-bond donors (Lipinski definition) is 3. The van der Waals surface area contributed by atoms with Gasteiger partial charge in [-0.05, 0) is 97.1 Å². The van der Waals surface area contributed by atoms with Crippen LogP contribution in [0.25, 0.3) is 16.6 Å². The van der Waals surface area contributed by atoms with E-state index in [0.29, 0.717) is 42.6 Å². The van der Waals surface area contributed by atoms with Crippen molar-refractivity contribution in [2.45, 2.75) is 53.8 Å². The van der Waals surface area contributed by atoms with Crippen molar-refractivity contribution in [3.63, 3.8) is 0 Å². The average Bonchev–Trinajstić information content (AvgIpc) is 3.77. The maximum atomic E-state index is 14.1. The van der Waals surface area contributed by atoms with Crippen LogP contribution in [-0.2, 0) is 19.3 Å². The van der Waals surface area contributed by atoms with E-state index in [-0.39, 0.29) is 29.3 Å². The second kappa shape index (κ2) is 20.5. The number of carbonyl (C=O) groups excluding carboxylic acids is 1. The summed E-state index contributed by atoms with van der Waals surface area (Å²) in [7, 11) is -5.18. The van der Waals surface area contributed by atoms with Gasteiger partial charge in [-0.25, -0.2) is 18.1 Å². The largest absolute Gasteiger partial charge is 0.383 e. The number of amides is 1. The first kappa shape index (κ1) is 48.7. The lowest BCUT2D eigenvalue weighted by atomic mass is 9.72. The Morgan fingerprint density at radius 2 is 1.78 bits per heavy atom. The Labute approximate surface area is 401 Å². The Kier molecular flexibility index (Phi) is 14.9. The number of nitro benzene ring substituents is 1. The minimum atomic E-state index is -4.58. The zero-order valence-corrected chi connectivity index (χ0v) is 41.6. The number of hydrogen-bond acceptors (Lipinski definition) is 13. The van der Waals surface area contributed by atoms with Gasteiger partial charge >= 0.3 is 0 Å². The molecule has 0 saturated carbocycles. The third kappa shape index (κ3) is 11.9. The van der Waals surface area contributed by atoms with E-state index >= 15 is 0 Å². The van der Waals surface area contributed by atoms with Crippen LogP contribution in [-0.4, -0.2) is 130 Å². The van der Waals surface area contributed by atoms with E-state index in [4.69, 9.17) is 16.3 Å². The molecule has 5 aromatic rings. The van der Waals surface area contributed by atoms with E-state index in [1.807, 2.05) is 43.1 Å². The molecule has 3 N–H and O–H groups in total. The summed E-state index contributed by atoms with van der Waals surface area (Å²) in [6.45, 7) is 12.4. The highest BCUT2D eigenvalue weighted by atomic mass is 35.5. The summed E-state index contributed by atoms with van der Waals surface area (Å²) in [6.07, 6.45) is 7.87. The molecule has 2 fully saturated rings. The molecule has 1 unspecified atom stereocenters. The van der Waals surface area contributed by atoms with Crippen LogP contribution in [0.2, 0.25) is 5.02 Å². The number of anilines is 2. The lowest BCUT2D eigenvalue weighted by Crippen LogP contribution is -2.47. The second-order valence-corrected chi connectivity index (χ2v) is 25.4. The van der Waals surface area contributed by atoms with Gasteiger partial charge in [-0.1, -0.05) is 54.9 Å². The lowest BCUT2D eigenvalue weighted by Gasteiger charge is -2.39. The van der Waals surface area contributed by atoms with Gasteiger partial charge in [0, 0.05) is 116 Å². The Hall–Kier alpha value is -4.74. The zero-order valence-electron chi connectivity index (χ0n) is 38.3. The van der Waals surface area contributed by atoms with Crippen LogP contribution in [0, 0.1) is 15.5 Å². The molecule has 1 aliphatic carbocycles. The van der Waals surface area contributed by atoms with Crippen LogP contribution in [0.1, 0.15) is 49.0 Å². The van der Waals surface area contributed by atoms with Crippen molar-refractivity contribution in [1.82, 2.24) is 24.5 Å². The molecule has 8 rings (SSSR count). The maximum Gasteiger partial charge on any atom is 0.293 e. The standard InChI is InChI=1S/C48H58ClN8O7PS2/c1-48(2)15-13-35(42(28-48)33-5-7-36(49)8-6-33)31-54-17-19-55(20-18-54)37-9-11-41(45(26-37)66-39-25-34-14-16-50-46(34)52-30-39)47(58)53-67(62,63)40-10-12-43(44(27-40)57(59)60)51-29-38(32-64-3)56-21-23-65(4,61)24-22-56/h5-12,14,16,25-27,30,38,51H,13,15,17-24,28-29,31-32H2,1-4H3,(H,50,52)(H,53,58). The molecule has 2 aliphatic heterocycles. The summed E-state index contributed by atoms with van der Waals surface area (Å²) in [6, 6.07) is 20.8. The van der Waals surface area contributed by atoms with Gasteiger partial charge in [0.15, 0.2) is 0 Å². The number of ether oxygens (including phenoxy) is 1. The fourth-order valence-corrected chi connectivity index (χ4v) is 12.9. The number of methoxy groups -OCH3 is 1. The summed E-state index contributed by atoms with van der Waals surface area (Å²) in [4.78, 5) is 41.2. The van der Waals surface area contributed by atoms with E-state index in [9.17, 15) is 27.9 Å². The Balaban J connectivity index is 0.990. The number of pyridine rings is 1. The van der Waals surface area contributed by atoms with E-state index in [1.165, 1.54) is 40.6 Å². The van der Waals surface area contributed by atoms with Gasteiger partial charge in [0.05, 0.1) is 35.2 Å². The molecular formula is C48H58ClN8O7PS2. The lowest BCUT2D eigenvalue weighted by molar-refractivity contribution is -0.384. The average molecular weight is 990 g/mol. The number of aromatic amines is 1. The van der Waals surface area contributed by atoms with Crippen LogP contribution in [0.15, 0.2) is 105 Å². The molecule has 67 heavy (non-hydrogen) atoms. The number of nitrogens with zero attached hydrogens (tertiary/aromatic N) is 5. The number of allylic oxidation sites excluding steroid dienone is 1. The Bertz CT molecular complexity index is 2820. The van der Waals surface area contributed by atoms with Gasteiger partial charge in [0.1, 0.15) is 11.3 Å². The highest BCUT2D eigenvalue weighted by molar-refractivity contribution is 7.99. The first-order chi connectivity index (χ1) is 32.0. The number of carbonyl (C=O) groups is 1. The van der Waals surface area contributed by atoms with Gasteiger partial charge in [0.25, 0.3) is 21.6 Å². The highest BCUT2D eigenvalue weighted by Crippen LogP contribution is 2.45. The smallest absolute Gasteiger partial charge is 0.293 e. The summed E-state index contributed by atoms with van der Waals surface area (Å²) < 4.78 is 48.0. The first-order valence-electron chi connectivity index (χ1n) is 22.5. The number of nitro groups is 1. The number of sulfonamides is 1. The first-order valence-corrected chi connectivity index (χ1v) is 27.7. The quantitative estimate of drug-likeness (QED) is 0.0485. The predicted octanol–water partition coefficient (Wildman–Crippen LogP) is 8.92. The number of piperazine rings is 1. The molecule has 4 heterocycles. The van der Waals surface area contributed by atoms with Gasteiger partial charge < -0.3 is 24.5 Å². The molecule has 1 amide bonds. The predicted molar refractivity (Wildman–Crippen MR) is 268 cm³/mol. The number of benzene rings is 3. The number of rotatable bonds is 16. The summed E-state index contributed by atoms with van der Waals surface area (Å²) >= 11 is 7.56. The third-order valence-electron chi connectivity index (χ3n) is 13.2.